The zero-order valence-electron chi connectivity index (χ0n) is 14.1. The van der Waals surface area contributed by atoms with E-state index in [1.165, 1.54) is 12.1 Å². The second kappa shape index (κ2) is 8.05. The molecule has 5 nitrogen and oxygen atoms in total. The smallest absolute Gasteiger partial charge is 0.238 e. The highest BCUT2D eigenvalue weighted by Crippen LogP contribution is 2.23. The molecule has 0 aliphatic carbocycles. The Bertz CT molecular complexity index is 965. The third kappa shape index (κ3) is 4.95. The van der Waals surface area contributed by atoms with Crippen LogP contribution in [0.1, 0.15) is 11.3 Å². The van der Waals surface area contributed by atoms with E-state index >= 15 is 0 Å². The first-order chi connectivity index (χ1) is 12.4. The summed E-state index contributed by atoms with van der Waals surface area (Å²) in [6, 6.07) is 18.1. The Hall–Kier alpha value is -2.12. The standard InChI is InChI=1S/C19H19ClN2O3S/c20-16-5-3-15(4-6-16)19-10-7-17(25-19)13-22-12-11-14-1-8-18(9-2-14)26(21,23)24/h1-10,22H,11-13H2,(H2,21,23,24)/p+1. The molecule has 0 aliphatic heterocycles. The highest BCUT2D eigenvalue weighted by molar-refractivity contribution is 7.89. The van der Waals surface area contributed by atoms with Crippen LogP contribution in [-0.2, 0) is 23.0 Å². The lowest BCUT2D eigenvalue weighted by molar-refractivity contribution is -0.671. The summed E-state index contributed by atoms with van der Waals surface area (Å²) in [4.78, 5) is 0.135. The van der Waals surface area contributed by atoms with Gasteiger partial charge in [0, 0.05) is 17.0 Å². The zero-order chi connectivity index (χ0) is 18.6. The van der Waals surface area contributed by atoms with Crippen LogP contribution < -0.4 is 10.5 Å². The number of halogens is 1. The number of hydrogen-bond donors (Lipinski definition) is 2. The van der Waals surface area contributed by atoms with E-state index in [0.717, 1.165) is 42.2 Å². The third-order valence-corrected chi connectivity index (χ3v) is 5.21. The average molecular weight is 392 g/mol. The molecule has 0 fully saturated rings. The molecular formula is C19H20ClN2O3S+. The van der Waals surface area contributed by atoms with Crippen molar-refractivity contribution in [2.75, 3.05) is 6.54 Å². The van der Waals surface area contributed by atoms with Crippen molar-refractivity contribution in [1.29, 1.82) is 0 Å². The van der Waals surface area contributed by atoms with E-state index in [2.05, 4.69) is 5.32 Å². The van der Waals surface area contributed by atoms with Gasteiger partial charge >= 0.3 is 0 Å². The molecule has 0 unspecified atom stereocenters. The molecule has 136 valence electrons. The van der Waals surface area contributed by atoms with Crippen molar-refractivity contribution in [3.05, 3.63) is 77.0 Å². The molecule has 7 heteroatoms. The van der Waals surface area contributed by atoms with Crippen LogP contribution in [0.25, 0.3) is 11.3 Å². The molecule has 1 aromatic heterocycles. The quantitative estimate of drug-likeness (QED) is 0.606. The summed E-state index contributed by atoms with van der Waals surface area (Å²) in [5.41, 5.74) is 2.06. The van der Waals surface area contributed by atoms with Crippen molar-refractivity contribution >= 4 is 21.6 Å². The van der Waals surface area contributed by atoms with Gasteiger partial charge in [-0.25, -0.2) is 13.6 Å². The Morgan fingerprint density at radius 1 is 0.962 bits per heavy atom. The number of sulfonamides is 1. The minimum absolute atomic E-state index is 0.135. The second-order valence-corrected chi connectivity index (χ2v) is 7.99. The Balaban J connectivity index is 1.49. The van der Waals surface area contributed by atoms with Crippen LogP contribution in [0, 0.1) is 0 Å². The van der Waals surface area contributed by atoms with E-state index in [0.29, 0.717) is 5.02 Å². The molecular weight excluding hydrogens is 372 g/mol. The van der Waals surface area contributed by atoms with Crippen molar-refractivity contribution in [1.82, 2.24) is 0 Å². The van der Waals surface area contributed by atoms with E-state index in [4.69, 9.17) is 21.2 Å². The summed E-state index contributed by atoms with van der Waals surface area (Å²) in [6.45, 7) is 1.61. The lowest BCUT2D eigenvalue weighted by Crippen LogP contribution is -2.83. The lowest BCUT2D eigenvalue weighted by Gasteiger charge is -2.03. The third-order valence-electron chi connectivity index (χ3n) is 4.02. The molecule has 0 spiro atoms. The highest BCUT2D eigenvalue weighted by Gasteiger charge is 2.08. The molecule has 2 aromatic carbocycles. The summed E-state index contributed by atoms with van der Waals surface area (Å²) in [5, 5.41) is 7.94. The van der Waals surface area contributed by atoms with E-state index in [-0.39, 0.29) is 4.90 Å². The molecule has 4 N–H and O–H groups in total. The summed E-state index contributed by atoms with van der Waals surface area (Å²) in [5.74, 6) is 1.73. The van der Waals surface area contributed by atoms with Crippen LogP contribution in [0.2, 0.25) is 5.02 Å². The Morgan fingerprint density at radius 2 is 1.65 bits per heavy atom. The highest BCUT2D eigenvalue weighted by atomic mass is 35.5. The molecule has 26 heavy (non-hydrogen) atoms. The van der Waals surface area contributed by atoms with Crippen LogP contribution in [-0.4, -0.2) is 15.0 Å². The van der Waals surface area contributed by atoms with Crippen molar-refractivity contribution in [3.8, 4) is 11.3 Å². The molecule has 0 amide bonds. The summed E-state index contributed by atoms with van der Waals surface area (Å²) < 4.78 is 28.3. The predicted molar refractivity (Wildman–Crippen MR) is 101 cm³/mol. The summed E-state index contributed by atoms with van der Waals surface area (Å²) >= 11 is 5.90. The maximum Gasteiger partial charge on any atom is 0.238 e. The van der Waals surface area contributed by atoms with Gasteiger partial charge in [-0.15, -0.1) is 0 Å². The summed E-state index contributed by atoms with van der Waals surface area (Å²) in [6.07, 6.45) is 0.829. The van der Waals surface area contributed by atoms with Gasteiger partial charge in [0.15, 0.2) is 5.76 Å². The summed E-state index contributed by atoms with van der Waals surface area (Å²) in [7, 11) is -3.63. The second-order valence-electron chi connectivity index (χ2n) is 5.99. The first-order valence-electron chi connectivity index (χ1n) is 8.20. The van der Waals surface area contributed by atoms with Crippen LogP contribution in [0.15, 0.2) is 70.0 Å². The number of rotatable bonds is 7. The van der Waals surface area contributed by atoms with Crippen LogP contribution in [0.3, 0.4) is 0 Å². The SMILES string of the molecule is NS(=O)(=O)c1ccc(CC[NH2+]Cc2ccc(-c3ccc(Cl)cc3)o2)cc1. The van der Waals surface area contributed by atoms with Gasteiger partial charge in [-0.2, -0.15) is 0 Å². The van der Waals surface area contributed by atoms with Crippen LogP contribution in [0.4, 0.5) is 0 Å². The van der Waals surface area contributed by atoms with Gasteiger partial charge in [-0.3, -0.25) is 0 Å². The molecule has 0 aliphatic rings. The maximum absolute atomic E-state index is 11.2. The fourth-order valence-electron chi connectivity index (χ4n) is 2.62. The van der Waals surface area contributed by atoms with Crippen molar-refractivity contribution in [3.63, 3.8) is 0 Å². The molecule has 0 saturated heterocycles. The number of benzene rings is 2. The first kappa shape index (κ1) is 18.7. The van der Waals surface area contributed by atoms with E-state index in [1.807, 2.05) is 36.4 Å². The van der Waals surface area contributed by atoms with Crippen molar-refractivity contribution < 1.29 is 18.2 Å². The number of primary sulfonamides is 1. The number of nitrogens with two attached hydrogens (primary N) is 2. The van der Waals surface area contributed by atoms with Gasteiger partial charge < -0.3 is 9.73 Å². The normalized spacial score (nSPS) is 11.6. The first-order valence-corrected chi connectivity index (χ1v) is 10.1. The van der Waals surface area contributed by atoms with Gasteiger partial charge in [0.05, 0.1) is 11.4 Å². The fraction of sp³-hybridized carbons (Fsp3) is 0.158. The Labute approximate surface area is 157 Å². The van der Waals surface area contributed by atoms with E-state index in [9.17, 15) is 8.42 Å². The van der Waals surface area contributed by atoms with Gasteiger partial charge in [0.25, 0.3) is 0 Å². The minimum Gasteiger partial charge on any atom is -0.455 e. The predicted octanol–water partition coefficient (Wildman–Crippen LogP) is 2.55. The van der Waals surface area contributed by atoms with Crippen LogP contribution >= 0.6 is 11.6 Å². The Kier molecular flexibility index (Phi) is 5.78. The maximum atomic E-state index is 11.2. The molecule has 0 radical (unpaired) electrons. The fourth-order valence-corrected chi connectivity index (χ4v) is 3.26. The molecule has 3 aromatic rings. The molecule has 1 heterocycles. The number of hydrogen-bond acceptors (Lipinski definition) is 3. The van der Waals surface area contributed by atoms with Gasteiger partial charge in [-0.1, -0.05) is 23.7 Å². The average Bonchev–Trinajstić information content (AvgIpc) is 3.08. The lowest BCUT2D eigenvalue weighted by atomic mass is 10.1. The number of furan rings is 1. The number of quaternary nitrogens is 1. The monoisotopic (exact) mass is 391 g/mol. The molecule has 3 rings (SSSR count). The molecule has 0 atom stereocenters. The van der Waals surface area contributed by atoms with Gasteiger partial charge in [0.1, 0.15) is 12.3 Å². The largest absolute Gasteiger partial charge is 0.455 e. The molecule has 0 bridgehead atoms. The van der Waals surface area contributed by atoms with Crippen molar-refractivity contribution in [2.45, 2.75) is 17.9 Å². The van der Waals surface area contributed by atoms with E-state index in [1.54, 1.807) is 12.1 Å². The van der Waals surface area contributed by atoms with Crippen LogP contribution in [0.5, 0.6) is 0 Å². The van der Waals surface area contributed by atoms with Crippen molar-refractivity contribution in [2.24, 2.45) is 5.14 Å². The van der Waals surface area contributed by atoms with Gasteiger partial charge in [-0.05, 0) is 54.1 Å². The van der Waals surface area contributed by atoms with Gasteiger partial charge in [0.2, 0.25) is 10.0 Å². The van der Waals surface area contributed by atoms with E-state index < -0.39 is 10.0 Å². The minimum atomic E-state index is -3.63. The molecule has 0 saturated carbocycles. The zero-order valence-corrected chi connectivity index (χ0v) is 15.6. The topological polar surface area (TPSA) is 89.9 Å². The Morgan fingerprint density at radius 3 is 2.31 bits per heavy atom.